The molecule has 1 aliphatic rings. The fourth-order valence-electron chi connectivity index (χ4n) is 4.39. The number of halogens is 3. The fourth-order valence-corrected chi connectivity index (χ4v) is 4.39. The van der Waals surface area contributed by atoms with Gasteiger partial charge in [-0.3, -0.25) is 4.90 Å². The van der Waals surface area contributed by atoms with E-state index in [2.05, 4.69) is 40.7 Å². The van der Waals surface area contributed by atoms with Crippen LogP contribution in [0.5, 0.6) is 5.75 Å². The second-order valence-corrected chi connectivity index (χ2v) is 9.61. The molecule has 1 saturated heterocycles. The Balaban J connectivity index is 1.51. The van der Waals surface area contributed by atoms with Crippen LogP contribution in [0.2, 0.25) is 0 Å². The van der Waals surface area contributed by atoms with Crippen LogP contribution in [0, 0.1) is 11.3 Å². The van der Waals surface area contributed by atoms with Crippen molar-refractivity contribution in [1.29, 1.82) is 5.26 Å². The Hall–Kier alpha value is -3.16. The first kappa shape index (κ1) is 24.9. The van der Waals surface area contributed by atoms with Crippen LogP contribution < -0.4 is 4.74 Å². The largest absolute Gasteiger partial charge is 0.493 e. The highest BCUT2D eigenvalue weighted by molar-refractivity contribution is 5.84. The molecule has 1 aromatic carbocycles. The van der Waals surface area contributed by atoms with E-state index < -0.39 is 11.7 Å². The Morgan fingerprint density at radius 3 is 2.63 bits per heavy atom. The lowest BCUT2D eigenvalue weighted by atomic mass is 10.00. The Labute approximate surface area is 202 Å². The molecular formula is C25H29F3N6O. The standard InChI is InChI=1S/C25H29F3N6O/c1-24(2)15-34(10-9-33(24)4)8-5-11-35-22-7-6-17(12-18(22)25(26,27)28)19-13-21-23(20(14-29)31-19)30-16-32(21)3/h6-7,12-13,16H,5,8-11,15H2,1-4H3. The second-order valence-electron chi connectivity index (χ2n) is 9.61. The van der Waals surface area contributed by atoms with E-state index in [1.54, 1.807) is 23.7 Å². The van der Waals surface area contributed by atoms with Gasteiger partial charge in [0, 0.05) is 44.3 Å². The molecule has 35 heavy (non-hydrogen) atoms. The molecule has 0 N–H and O–H groups in total. The van der Waals surface area contributed by atoms with Crippen molar-refractivity contribution < 1.29 is 17.9 Å². The van der Waals surface area contributed by atoms with Crippen LogP contribution in [0.4, 0.5) is 13.2 Å². The Morgan fingerprint density at radius 1 is 1.17 bits per heavy atom. The van der Waals surface area contributed by atoms with E-state index >= 15 is 0 Å². The molecule has 1 aliphatic heterocycles. The molecule has 3 aromatic rings. The molecule has 2 aromatic heterocycles. The zero-order chi connectivity index (χ0) is 25.4. The van der Waals surface area contributed by atoms with Crippen molar-refractivity contribution in [3.63, 3.8) is 0 Å². The summed E-state index contributed by atoms with van der Waals surface area (Å²) in [6.45, 7) is 8.13. The van der Waals surface area contributed by atoms with E-state index in [1.807, 2.05) is 6.07 Å². The lowest BCUT2D eigenvalue weighted by molar-refractivity contribution is -0.138. The van der Waals surface area contributed by atoms with Gasteiger partial charge in [-0.15, -0.1) is 0 Å². The Morgan fingerprint density at radius 2 is 1.94 bits per heavy atom. The predicted molar refractivity (Wildman–Crippen MR) is 127 cm³/mol. The number of pyridine rings is 1. The van der Waals surface area contributed by atoms with Crippen LogP contribution in [0.15, 0.2) is 30.6 Å². The minimum absolute atomic E-state index is 0.0658. The topological polar surface area (TPSA) is 70.2 Å². The molecule has 0 amide bonds. The van der Waals surface area contributed by atoms with Crippen LogP contribution in [0.3, 0.4) is 0 Å². The molecule has 3 heterocycles. The summed E-state index contributed by atoms with van der Waals surface area (Å²) in [6, 6.07) is 7.52. The van der Waals surface area contributed by atoms with E-state index in [-0.39, 0.29) is 34.8 Å². The number of aryl methyl sites for hydroxylation is 1. The summed E-state index contributed by atoms with van der Waals surface area (Å²) < 4.78 is 49.0. The molecule has 0 saturated carbocycles. The number of aromatic nitrogens is 3. The van der Waals surface area contributed by atoms with Gasteiger partial charge in [0.1, 0.15) is 17.3 Å². The number of imidazole rings is 1. The summed E-state index contributed by atoms with van der Waals surface area (Å²) in [5.74, 6) is -0.206. The van der Waals surface area contributed by atoms with Crippen molar-refractivity contribution in [2.45, 2.75) is 32.0 Å². The summed E-state index contributed by atoms with van der Waals surface area (Å²) in [5, 5.41) is 9.43. The highest BCUT2D eigenvalue weighted by Gasteiger charge is 2.35. The van der Waals surface area contributed by atoms with Gasteiger partial charge in [0.25, 0.3) is 0 Å². The molecule has 0 bridgehead atoms. The molecule has 0 radical (unpaired) electrons. The average molecular weight is 487 g/mol. The summed E-state index contributed by atoms with van der Waals surface area (Å²) in [4.78, 5) is 13.0. The van der Waals surface area contributed by atoms with E-state index in [9.17, 15) is 18.4 Å². The first-order valence-electron chi connectivity index (χ1n) is 11.5. The maximum Gasteiger partial charge on any atom is 0.419 e. The van der Waals surface area contributed by atoms with Crippen molar-refractivity contribution in [2.24, 2.45) is 7.05 Å². The van der Waals surface area contributed by atoms with Gasteiger partial charge in [-0.25, -0.2) is 9.97 Å². The number of nitriles is 1. The Bertz CT molecular complexity index is 1260. The van der Waals surface area contributed by atoms with Gasteiger partial charge in [0.05, 0.1) is 29.7 Å². The molecule has 10 heteroatoms. The predicted octanol–water partition coefficient (Wildman–Crippen LogP) is 4.32. The minimum Gasteiger partial charge on any atom is -0.493 e. The van der Waals surface area contributed by atoms with Gasteiger partial charge in [0.2, 0.25) is 0 Å². The first-order valence-corrected chi connectivity index (χ1v) is 11.5. The molecule has 0 spiro atoms. The maximum atomic E-state index is 13.9. The highest BCUT2D eigenvalue weighted by atomic mass is 19.4. The van der Waals surface area contributed by atoms with Gasteiger partial charge in [-0.1, -0.05) is 0 Å². The number of alkyl halides is 3. The normalized spacial score (nSPS) is 17.0. The fraction of sp³-hybridized carbons (Fsp3) is 0.480. The third-order valence-electron chi connectivity index (χ3n) is 6.67. The van der Waals surface area contributed by atoms with Gasteiger partial charge >= 0.3 is 6.18 Å². The van der Waals surface area contributed by atoms with Crippen molar-refractivity contribution in [2.75, 3.05) is 39.8 Å². The number of hydrogen-bond acceptors (Lipinski definition) is 6. The Kier molecular flexibility index (Phi) is 6.75. The molecule has 0 aliphatic carbocycles. The number of benzene rings is 1. The third-order valence-corrected chi connectivity index (χ3v) is 6.67. The van der Waals surface area contributed by atoms with Crippen molar-refractivity contribution >= 4 is 11.0 Å². The second kappa shape index (κ2) is 9.47. The number of piperazine rings is 1. The summed E-state index contributed by atoms with van der Waals surface area (Å²) >= 11 is 0. The van der Waals surface area contributed by atoms with Gasteiger partial charge in [-0.05, 0) is 51.6 Å². The van der Waals surface area contributed by atoms with E-state index in [1.165, 1.54) is 12.4 Å². The number of ether oxygens (including phenoxy) is 1. The van der Waals surface area contributed by atoms with Crippen LogP contribution in [-0.2, 0) is 13.2 Å². The molecule has 7 nitrogen and oxygen atoms in total. The molecule has 0 unspecified atom stereocenters. The molecule has 1 fully saturated rings. The van der Waals surface area contributed by atoms with Crippen molar-refractivity contribution in [3.8, 4) is 23.1 Å². The van der Waals surface area contributed by atoms with E-state index in [4.69, 9.17) is 4.74 Å². The molecule has 4 rings (SSSR count). The summed E-state index contributed by atoms with van der Waals surface area (Å²) in [7, 11) is 3.86. The SMILES string of the molecule is CN1CCN(CCCOc2ccc(-c3cc4c(ncn4C)c(C#N)n3)cc2C(F)(F)F)CC1(C)C. The molecule has 186 valence electrons. The third kappa shape index (κ3) is 5.26. The van der Waals surface area contributed by atoms with Crippen LogP contribution in [-0.4, -0.2) is 69.7 Å². The average Bonchev–Trinajstić information content (AvgIpc) is 3.18. The monoisotopic (exact) mass is 486 g/mol. The van der Waals surface area contributed by atoms with E-state index in [0.29, 0.717) is 17.5 Å². The van der Waals surface area contributed by atoms with Crippen molar-refractivity contribution in [3.05, 3.63) is 41.9 Å². The zero-order valence-corrected chi connectivity index (χ0v) is 20.4. The number of fused-ring (bicyclic) bond motifs is 1. The summed E-state index contributed by atoms with van der Waals surface area (Å²) in [5.41, 5.74) is 0.832. The van der Waals surface area contributed by atoms with Gasteiger partial charge in [-0.2, -0.15) is 18.4 Å². The maximum absolute atomic E-state index is 13.9. The highest BCUT2D eigenvalue weighted by Crippen LogP contribution is 2.39. The minimum atomic E-state index is -4.60. The number of nitrogens with zero attached hydrogens (tertiary/aromatic N) is 6. The number of hydrogen-bond donors (Lipinski definition) is 0. The quantitative estimate of drug-likeness (QED) is 0.484. The lowest BCUT2D eigenvalue weighted by Crippen LogP contribution is -2.57. The smallest absolute Gasteiger partial charge is 0.419 e. The first-order chi connectivity index (χ1) is 16.5. The van der Waals surface area contributed by atoms with Crippen LogP contribution in [0.25, 0.3) is 22.3 Å². The van der Waals surface area contributed by atoms with Gasteiger partial charge < -0.3 is 14.2 Å². The zero-order valence-electron chi connectivity index (χ0n) is 20.4. The number of rotatable bonds is 6. The lowest BCUT2D eigenvalue weighted by Gasteiger charge is -2.45. The van der Waals surface area contributed by atoms with Gasteiger partial charge in [0.15, 0.2) is 5.69 Å². The number of likely N-dealkylation sites (N-methyl/N-ethyl adjacent to an activating group) is 1. The van der Waals surface area contributed by atoms with Crippen LogP contribution >= 0.6 is 0 Å². The van der Waals surface area contributed by atoms with E-state index in [0.717, 1.165) is 32.2 Å². The molecular weight excluding hydrogens is 457 g/mol. The summed E-state index contributed by atoms with van der Waals surface area (Å²) in [6.07, 6.45) is -2.43. The van der Waals surface area contributed by atoms with Crippen LogP contribution in [0.1, 0.15) is 31.5 Å². The van der Waals surface area contributed by atoms with Crippen molar-refractivity contribution in [1.82, 2.24) is 24.3 Å². The molecule has 0 atom stereocenters.